The molecule has 14 heavy (non-hydrogen) atoms. The lowest BCUT2D eigenvalue weighted by atomic mass is 10.0. The van der Waals surface area contributed by atoms with Crippen molar-refractivity contribution in [3.05, 3.63) is 35.6 Å². The van der Waals surface area contributed by atoms with E-state index in [2.05, 4.69) is 0 Å². The molecule has 0 atom stereocenters. The average Bonchev–Trinajstić information content (AvgIpc) is 2.48. The first-order valence-corrected chi connectivity index (χ1v) is 5.13. The van der Waals surface area contributed by atoms with E-state index in [1.807, 2.05) is 0 Å². The number of thioether (sulfide) groups is 1. The van der Waals surface area contributed by atoms with Crippen LogP contribution in [0.3, 0.4) is 0 Å². The molecule has 0 aromatic heterocycles. The summed E-state index contributed by atoms with van der Waals surface area (Å²) in [6.45, 7) is 0. The number of carbonyl (C=O) groups is 1. The Morgan fingerprint density at radius 2 is 2.07 bits per heavy atom. The van der Waals surface area contributed by atoms with E-state index in [0.717, 1.165) is 11.8 Å². The fraction of sp³-hybridized carbons (Fsp3) is 0.100. The molecule has 1 heterocycles. The Balaban J connectivity index is 2.55. The summed E-state index contributed by atoms with van der Waals surface area (Å²) in [5, 5.41) is 9.41. The minimum Gasteiger partial charge on any atom is -0.511 e. The van der Waals surface area contributed by atoms with Crippen molar-refractivity contribution in [2.24, 2.45) is 0 Å². The summed E-state index contributed by atoms with van der Waals surface area (Å²) in [6, 6.07) is 7.04. The summed E-state index contributed by atoms with van der Waals surface area (Å²) in [5.74, 6) is 0.473. The van der Waals surface area contributed by atoms with Gasteiger partial charge in [0, 0.05) is 11.3 Å². The van der Waals surface area contributed by atoms with Crippen LogP contribution in [0.1, 0.15) is 5.56 Å². The molecule has 3 nitrogen and oxygen atoms in total. The van der Waals surface area contributed by atoms with Gasteiger partial charge < -0.3 is 10.8 Å². The smallest absolute Gasteiger partial charge is 0.223 e. The van der Waals surface area contributed by atoms with E-state index in [1.54, 1.807) is 24.3 Å². The zero-order valence-corrected chi connectivity index (χ0v) is 8.17. The summed E-state index contributed by atoms with van der Waals surface area (Å²) in [7, 11) is 0. The normalized spacial score (nSPS) is 16.4. The summed E-state index contributed by atoms with van der Waals surface area (Å²) in [6.07, 6.45) is 0. The molecule has 1 aliphatic rings. The first-order chi connectivity index (χ1) is 6.70. The molecule has 0 bridgehead atoms. The summed E-state index contributed by atoms with van der Waals surface area (Å²) in [4.78, 5) is 11.4. The van der Waals surface area contributed by atoms with Gasteiger partial charge in [-0.15, -0.1) is 0 Å². The number of nitrogens with two attached hydrogens (primary N) is 1. The van der Waals surface area contributed by atoms with Gasteiger partial charge in [0.1, 0.15) is 5.76 Å². The molecule has 1 aromatic rings. The van der Waals surface area contributed by atoms with Crippen LogP contribution in [0.4, 0.5) is 5.69 Å². The molecule has 0 saturated heterocycles. The molecule has 0 saturated carbocycles. The molecule has 1 aliphatic heterocycles. The van der Waals surface area contributed by atoms with E-state index >= 15 is 0 Å². The van der Waals surface area contributed by atoms with Gasteiger partial charge in [-0.05, 0) is 6.07 Å². The number of benzene rings is 1. The predicted octanol–water partition coefficient (Wildman–Crippen LogP) is 1.81. The fourth-order valence-electron chi connectivity index (χ4n) is 1.39. The molecule has 4 heteroatoms. The maximum Gasteiger partial charge on any atom is 0.223 e. The fourth-order valence-corrected chi connectivity index (χ4v) is 2.17. The summed E-state index contributed by atoms with van der Waals surface area (Å²) in [5.41, 5.74) is 7.22. The number of anilines is 1. The van der Waals surface area contributed by atoms with Crippen molar-refractivity contribution >= 4 is 28.1 Å². The first-order valence-electron chi connectivity index (χ1n) is 4.14. The number of aliphatic hydroxyl groups is 1. The lowest BCUT2D eigenvalue weighted by Gasteiger charge is -2.04. The highest BCUT2D eigenvalue weighted by atomic mass is 32.2. The van der Waals surface area contributed by atoms with Gasteiger partial charge in [0.05, 0.1) is 11.3 Å². The Labute approximate surface area is 85.6 Å². The van der Waals surface area contributed by atoms with E-state index in [0.29, 0.717) is 22.6 Å². The lowest BCUT2D eigenvalue weighted by molar-refractivity contribution is -0.106. The van der Waals surface area contributed by atoms with Crippen molar-refractivity contribution in [1.82, 2.24) is 0 Å². The minimum atomic E-state index is -0.111. The monoisotopic (exact) mass is 207 g/mol. The van der Waals surface area contributed by atoms with E-state index < -0.39 is 0 Å². The van der Waals surface area contributed by atoms with Gasteiger partial charge in [0.2, 0.25) is 5.12 Å². The van der Waals surface area contributed by atoms with Crippen molar-refractivity contribution in [2.75, 3.05) is 11.5 Å². The van der Waals surface area contributed by atoms with Crippen molar-refractivity contribution in [2.45, 2.75) is 0 Å². The van der Waals surface area contributed by atoms with Crippen molar-refractivity contribution < 1.29 is 9.90 Å². The quantitative estimate of drug-likeness (QED) is 0.689. The van der Waals surface area contributed by atoms with Crippen molar-refractivity contribution in [1.29, 1.82) is 0 Å². The maximum absolute atomic E-state index is 11.4. The zero-order valence-electron chi connectivity index (χ0n) is 7.36. The second-order valence-corrected chi connectivity index (χ2v) is 3.93. The summed E-state index contributed by atoms with van der Waals surface area (Å²) < 4.78 is 0. The third kappa shape index (κ3) is 1.37. The molecular weight excluding hydrogens is 198 g/mol. The Kier molecular flexibility index (Phi) is 2.21. The molecule has 0 radical (unpaired) electrons. The van der Waals surface area contributed by atoms with Gasteiger partial charge in [-0.3, -0.25) is 4.79 Å². The Morgan fingerprint density at radius 1 is 1.36 bits per heavy atom. The van der Waals surface area contributed by atoms with E-state index in [4.69, 9.17) is 5.73 Å². The van der Waals surface area contributed by atoms with Crippen LogP contribution in [-0.2, 0) is 4.79 Å². The molecule has 3 N–H and O–H groups in total. The van der Waals surface area contributed by atoms with Gasteiger partial charge in [0.15, 0.2) is 0 Å². The zero-order chi connectivity index (χ0) is 10.1. The maximum atomic E-state index is 11.4. The topological polar surface area (TPSA) is 63.3 Å². The van der Waals surface area contributed by atoms with Crippen molar-refractivity contribution in [3.63, 3.8) is 0 Å². The third-order valence-corrected chi connectivity index (χ3v) is 2.95. The average molecular weight is 207 g/mol. The molecule has 72 valence electrons. The van der Waals surface area contributed by atoms with Crippen molar-refractivity contribution in [3.8, 4) is 0 Å². The van der Waals surface area contributed by atoms with Crippen LogP contribution in [0.25, 0.3) is 5.57 Å². The summed E-state index contributed by atoms with van der Waals surface area (Å²) >= 11 is 1.10. The van der Waals surface area contributed by atoms with Crippen LogP contribution in [0.15, 0.2) is 30.0 Å². The molecule has 2 rings (SSSR count). The first kappa shape index (κ1) is 9.15. The van der Waals surface area contributed by atoms with Gasteiger partial charge in [-0.1, -0.05) is 30.0 Å². The highest BCUT2D eigenvalue weighted by molar-refractivity contribution is 8.15. The van der Waals surface area contributed by atoms with E-state index in [1.165, 1.54) is 0 Å². The van der Waals surface area contributed by atoms with E-state index in [9.17, 15) is 9.90 Å². The number of para-hydroxylation sites is 1. The second kappa shape index (κ2) is 3.38. The molecule has 0 fully saturated rings. The highest BCUT2D eigenvalue weighted by Crippen LogP contribution is 2.34. The SMILES string of the molecule is Nc1ccccc1C1=C(O)CSC1=O. The van der Waals surface area contributed by atoms with Crippen LogP contribution in [0.5, 0.6) is 0 Å². The van der Waals surface area contributed by atoms with Crippen LogP contribution >= 0.6 is 11.8 Å². The lowest BCUT2D eigenvalue weighted by Crippen LogP contribution is -1.98. The molecule has 0 spiro atoms. The van der Waals surface area contributed by atoms with Gasteiger partial charge in [0.25, 0.3) is 0 Å². The van der Waals surface area contributed by atoms with Gasteiger partial charge >= 0.3 is 0 Å². The molecule has 0 unspecified atom stereocenters. The van der Waals surface area contributed by atoms with Crippen LogP contribution in [0, 0.1) is 0 Å². The molecular formula is C10H9NO2S. The number of nitrogen functional groups attached to an aromatic ring is 1. The highest BCUT2D eigenvalue weighted by Gasteiger charge is 2.25. The Morgan fingerprint density at radius 3 is 2.64 bits per heavy atom. The second-order valence-electron chi connectivity index (χ2n) is 2.99. The van der Waals surface area contributed by atoms with Gasteiger partial charge in [-0.2, -0.15) is 0 Å². The third-order valence-electron chi connectivity index (χ3n) is 2.06. The Hall–Kier alpha value is -1.42. The molecule has 0 amide bonds. The number of aliphatic hydroxyl groups excluding tert-OH is 1. The number of rotatable bonds is 1. The van der Waals surface area contributed by atoms with E-state index in [-0.39, 0.29) is 10.9 Å². The number of hydrogen-bond acceptors (Lipinski definition) is 4. The van der Waals surface area contributed by atoms with Crippen LogP contribution in [0.2, 0.25) is 0 Å². The number of hydrogen-bond donors (Lipinski definition) is 2. The molecule has 0 aliphatic carbocycles. The number of carbonyl (C=O) groups excluding carboxylic acids is 1. The molecule has 1 aromatic carbocycles. The predicted molar refractivity (Wildman–Crippen MR) is 57.9 cm³/mol. The van der Waals surface area contributed by atoms with Crippen LogP contribution < -0.4 is 5.73 Å². The van der Waals surface area contributed by atoms with Gasteiger partial charge in [-0.25, -0.2) is 0 Å². The largest absolute Gasteiger partial charge is 0.511 e. The Bertz CT molecular complexity index is 426. The standard InChI is InChI=1S/C10H9NO2S/c11-7-4-2-1-3-6(7)9-8(12)5-14-10(9)13/h1-4,12H,5,11H2. The minimum absolute atomic E-state index is 0.111. The van der Waals surface area contributed by atoms with Crippen LogP contribution in [-0.4, -0.2) is 16.0 Å².